The highest BCUT2D eigenvalue weighted by molar-refractivity contribution is 5.54. The van der Waals surface area contributed by atoms with Crippen LogP contribution in [0.5, 0.6) is 0 Å². The highest BCUT2D eigenvalue weighted by atomic mass is 15.3. The van der Waals surface area contributed by atoms with Crippen LogP contribution in [-0.2, 0) is 6.54 Å². The van der Waals surface area contributed by atoms with E-state index in [0.717, 1.165) is 12.1 Å². The minimum absolute atomic E-state index is 0.557. The largest absolute Gasteiger partial charge is 0.316 e. The fourth-order valence-electron chi connectivity index (χ4n) is 1.37. The van der Waals surface area contributed by atoms with Crippen molar-refractivity contribution >= 4 is 0 Å². The van der Waals surface area contributed by atoms with Crippen LogP contribution in [0.25, 0.3) is 11.4 Å². The van der Waals surface area contributed by atoms with E-state index in [1.807, 2.05) is 45.2 Å². The van der Waals surface area contributed by atoms with Gasteiger partial charge in [0.15, 0.2) is 5.82 Å². The summed E-state index contributed by atoms with van der Waals surface area (Å²) in [5.41, 5.74) is 2.15. The second kappa shape index (κ2) is 7.45. The summed E-state index contributed by atoms with van der Waals surface area (Å²) in [6, 6.07) is 8.02. The summed E-state index contributed by atoms with van der Waals surface area (Å²) in [5, 5.41) is 18.8. The average Bonchev–Trinajstić information content (AvgIpc) is 2.43. The van der Waals surface area contributed by atoms with E-state index in [2.05, 4.69) is 25.7 Å². The summed E-state index contributed by atoms with van der Waals surface area (Å²) in [5.74, 6) is 1.14. The first-order valence-electron chi connectivity index (χ1n) is 6.07. The van der Waals surface area contributed by atoms with E-state index in [1.54, 1.807) is 6.92 Å². The lowest BCUT2D eigenvalue weighted by atomic mass is 10.1. The van der Waals surface area contributed by atoms with Gasteiger partial charge in [-0.3, -0.25) is 0 Å². The predicted octanol–water partition coefficient (Wildman–Crippen LogP) is 1.99. The van der Waals surface area contributed by atoms with E-state index in [-0.39, 0.29) is 0 Å². The molecule has 0 saturated heterocycles. The number of hydrogen-bond donors (Lipinski definition) is 1. The third-order valence-corrected chi connectivity index (χ3v) is 2.17. The van der Waals surface area contributed by atoms with Crippen molar-refractivity contribution in [3.05, 3.63) is 35.7 Å². The number of nitrogens with one attached hydrogen (secondary N) is 1. The van der Waals surface area contributed by atoms with Gasteiger partial charge in [-0.15, -0.1) is 20.4 Å². The molecule has 0 unspecified atom stereocenters. The predicted molar refractivity (Wildman–Crippen MR) is 71.9 cm³/mol. The van der Waals surface area contributed by atoms with Crippen LogP contribution in [0.15, 0.2) is 24.3 Å². The third-order valence-electron chi connectivity index (χ3n) is 2.17. The van der Waals surface area contributed by atoms with E-state index in [0.29, 0.717) is 11.6 Å². The molecule has 5 nitrogen and oxygen atoms in total. The lowest BCUT2D eigenvalue weighted by molar-refractivity contribution is 0.812. The number of rotatable bonds is 3. The summed E-state index contributed by atoms with van der Waals surface area (Å²) in [4.78, 5) is 0. The molecule has 1 N–H and O–H groups in total. The van der Waals surface area contributed by atoms with Gasteiger partial charge in [0.05, 0.1) is 0 Å². The molecule has 0 radical (unpaired) electrons. The van der Waals surface area contributed by atoms with Crippen molar-refractivity contribution < 1.29 is 0 Å². The van der Waals surface area contributed by atoms with Gasteiger partial charge < -0.3 is 5.32 Å². The lowest BCUT2D eigenvalue weighted by Crippen LogP contribution is -2.04. The van der Waals surface area contributed by atoms with Gasteiger partial charge in [0.25, 0.3) is 0 Å². The number of aromatic nitrogens is 4. The van der Waals surface area contributed by atoms with Gasteiger partial charge in [-0.2, -0.15) is 0 Å². The van der Waals surface area contributed by atoms with Crippen LogP contribution in [0.4, 0.5) is 0 Å². The highest BCUT2D eigenvalue weighted by Gasteiger charge is 2.02. The first-order valence-corrected chi connectivity index (χ1v) is 6.07. The third kappa shape index (κ3) is 3.85. The van der Waals surface area contributed by atoms with Crippen molar-refractivity contribution in [3.63, 3.8) is 0 Å². The van der Waals surface area contributed by atoms with Crippen LogP contribution < -0.4 is 5.32 Å². The Hall–Kier alpha value is -1.88. The maximum absolute atomic E-state index is 3.98. The second-order valence-corrected chi connectivity index (χ2v) is 3.50. The number of nitrogens with zero attached hydrogens (tertiary/aromatic N) is 4. The molecule has 2 rings (SSSR count). The molecule has 0 aliphatic rings. The monoisotopic (exact) mass is 245 g/mol. The first kappa shape index (κ1) is 14.2. The Morgan fingerprint density at radius 2 is 1.50 bits per heavy atom. The minimum Gasteiger partial charge on any atom is -0.316 e. The lowest BCUT2D eigenvalue weighted by Gasteiger charge is -2.01. The smallest absolute Gasteiger partial charge is 0.203 e. The van der Waals surface area contributed by atoms with Crippen LogP contribution in [0, 0.1) is 6.92 Å². The van der Waals surface area contributed by atoms with E-state index in [9.17, 15) is 0 Å². The molecule has 0 aliphatic carbocycles. The van der Waals surface area contributed by atoms with Gasteiger partial charge in [0.1, 0.15) is 0 Å². The number of hydrogen-bond acceptors (Lipinski definition) is 5. The Bertz CT molecular complexity index is 450. The molecule has 1 aromatic carbocycles. The Labute approximate surface area is 108 Å². The van der Waals surface area contributed by atoms with Crippen LogP contribution in [0.1, 0.15) is 25.2 Å². The van der Waals surface area contributed by atoms with Gasteiger partial charge in [0, 0.05) is 12.1 Å². The second-order valence-electron chi connectivity index (χ2n) is 3.50. The number of benzene rings is 1. The van der Waals surface area contributed by atoms with Crippen LogP contribution in [0.3, 0.4) is 0 Å². The Morgan fingerprint density at radius 1 is 0.944 bits per heavy atom. The summed E-state index contributed by atoms with van der Waals surface area (Å²) in [6.45, 7) is 6.62. The van der Waals surface area contributed by atoms with Crippen molar-refractivity contribution in [3.8, 4) is 11.4 Å². The summed E-state index contributed by atoms with van der Waals surface area (Å²) in [6.07, 6.45) is 0. The van der Waals surface area contributed by atoms with E-state index >= 15 is 0 Å². The topological polar surface area (TPSA) is 63.6 Å². The van der Waals surface area contributed by atoms with Gasteiger partial charge in [-0.1, -0.05) is 38.1 Å². The maximum atomic E-state index is 3.98. The molecule has 1 aromatic heterocycles. The van der Waals surface area contributed by atoms with E-state index < -0.39 is 0 Å². The fraction of sp³-hybridized carbons (Fsp3) is 0.385. The van der Waals surface area contributed by atoms with Crippen molar-refractivity contribution in [2.24, 2.45) is 0 Å². The molecule has 5 heteroatoms. The zero-order valence-corrected chi connectivity index (χ0v) is 11.3. The molecule has 0 saturated carbocycles. The van der Waals surface area contributed by atoms with Gasteiger partial charge in [-0.25, -0.2) is 0 Å². The molecular weight excluding hydrogens is 226 g/mol. The molecule has 0 atom stereocenters. The minimum atomic E-state index is 0.557. The molecule has 0 spiro atoms. The van der Waals surface area contributed by atoms with Crippen molar-refractivity contribution in [1.82, 2.24) is 25.7 Å². The summed E-state index contributed by atoms with van der Waals surface area (Å²) >= 11 is 0. The maximum Gasteiger partial charge on any atom is 0.203 e. The Morgan fingerprint density at radius 3 is 2.00 bits per heavy atom. The molecule has 96 valence electrons. The molecular formula is C13H19N5. The van der Waals surface area contributed by atoms with E-state index in [1.165, 1.54) is 5.56 Å². The Kier molecular flexibility index (Phi) is 5.87. The quantitative estimate of drug-likeness (QED) is 0.896. The first-order chi connectivity index (χ1) is 8.79. The molecule has 2 aromatic rings. The normalized spacial score (nSPS) is 9.56. The standard InChI is InChI=1S/C11H13N5.C2H6/c1-8-13-15-11(16-14-8)10-5-3-9(4-6-10)7-12-2;1-2/h3-6,12H,7H2,1-2H3;1-2H3. The summed E-state index contributed by atoms with van der Waals surface area (Å²) in [7, 11) is 1.92. The van der Waals surface area contributed by atoms with Crippen LogP contribution >= 0.6 is 0 Å². The molecule has 0 fully saturated rings. The zero-order valence-electron chi connectivity index (χ0n) is 11.3. The van der Waals surface area contributed by atoms with Crippen molar-refractivity contribution in [2.75, 3.05) is 7.05 Å². The van der Waals surface area contributed by atoms with E-state index in [4.69, 9.17) is 0 Å². The van der Waals surface area contributed by atoms with Gasteiger partial charge in [-0.05, 0) is 19.5 Å². The average molecular weight is 245 g/mol. The highest BCUT2D eigenvalue weighted by Crippen LogP contribution is 2.13. The molecule has 0 aliphatic heterocycles. The van der Waals surface area contributed by atoms with Crippen LogP contribution in [0.2, 0.25) is 0 Å². The van der Waals surface area contributed by atoms with Crippen molar-refractivity contribution in [1.29, 1.82) is 0 Å². The zero-order chi connectivity index (χ0) is 13.4. The molecule has 0 amide bonds. The SMILES string of the molecule is CC.CNCc1ccc(-c2nnc(C)nn2)cc1. The molecule has 0 bridgehead atoms. The van der Waals surface area contributed by atoms with Gasteiger partial charge in [0.2, 0.25) is 5.82 Å². The molecule has 1 heterocycles. The Balaban J connectivity index is 0.000000771. The van der Waals surface area contributed by atoms with Crippen molar-refractivity contribution in [2.45, 2.75) is 27.3 Å². The summed E-state index contributed by atoms with van der Waals surface area (Å²) < 4.78 is 0. The van der Waals surface area contributed by atoms with Gasteiger partial charge >= 0.3 is 0 Å². The number of aryl methyl sites for hydroxylation is 1. The fourth-order valence-corrected chi connectivity index (χ4v) is 1.37. The van der Waals surface area contributed by atoms with Crippen LogP contribution in [-0.4, -0.2) is 27.4 Å². The molecule has 18 heavy (non-hydrogen) atoms.